The Morgan fingerprint density at radius 1 is 1.03 bits per heavy atom. The van der Waals surface area contributed by atoms with E-state index in [9.17, 15) is 18.0 Å². The van der Waals surface area contributed by atoms with E-state index in [-0.39, 0.29) is 17.9 Å². The molecule has 2 saturated heterocycles. The number of rotatable bonds is 5. The number of halogens is 3. The van der Waals surface area contributed by atoms with Gasteiger partial charge in [-0.25, -0.2) is 4.98 Å². The zero-order valence-electron chi connectivity index (χ0n) is 17.3. The zero-order valence-corrected chi connectivity index (χ0v) is 17.3. The first-order valence-corrected chi connectivity index (χ1v) is 10.7. The van der Waals surface area contributed by atoms with Crippen LogP contribution in [-0.2, 0) is 17.5 Å². The van der Waals surface area contributed by atoms with Crippen LogP contribution in [0, 0.1) is 5.92 Å². The number of carbonyl (C=O) groups excluding carboxylic acids is 1. The number of hydrogen-bond acceptors (Lipinski definition) is 4. The van der Waals surface area contributed by atoms with E-state index in [0.29, 0.717) is 31.7 Å². The van der Waals surface area contributed by atoms with E-state index in [1.165, 1.54) is 11.6 Å². The molecule has 1 atom stereocenters. The predicted molar refractivity (Wildman–Crippen MR) is 112 cm³/mol. The van der Waals surface area contributed by atoms with E-state index in [0.717, 1.165) is 38.3 Å². The van der Waals surface area contributed by atoms with Gasteiger partial charge in [-0.3, -0.25) is 9.69 Å². The molecule has 0 aliphatic carbocycles. The van der Waals surface area contributed by atoms with Gasteiger partial charge in [-0.2, -0.15) is 13.2 Å². The molecular formula is C23H27F3N4O. The Morgan fingerprint density at radius 2 is 1.77 bits per heavy atom. The van der Waals surface area contributed by atoms with Crippen molar-refractivity contribution in [2.75, 3.05) is 31.1 Å². The second-order valence-electron chi connectivity index (χ2n) is 8.38. The van der Waals surface area contributed by atoms with Crippen LogP contribution in [0.3, 0.4) is 0 Å². The molecule has 2 aromatic rings. The van der Waals surface area contributed by atoms with Gasteiger partial charge in [-0.05, 0) is 37.0 Å². The third-order valence-electron chi connectivity index (χ3n) is 6.13. The quantitative estimate of drug-likeness (QED) is 0.783. The lowest BCUT2D eigenvalue weighted by Gasteiger charge is -2.32. The summed E-state index contributed by atoms with van der Waals surface area (Å²) in [6.07, 6.45) is -1.21. The number of hydrogen-bond donors (Lipinski definition) is 1. The Balaban J connectivity index is 1.22. The fraction of sp³-hybridized carbons (Fsp3) is 0.478. The molecule has 1 amide bonds. The van der Waals surface area contributed by atoms with Crippen molar-refractivity contribution in [1.29, 1.82) is 0 Å². The SMILES string of the molecule is O=C(N[C@H]1CCN(Cc2ccccc2)C1)C1CCN(c2ccc(C(F)(F)F)cn2)CC1. The summed E-state index contributed by atoms with van der Waals surface area (Å²) < 4.78 is 38.1. The van der Waals surface area contributed by atoms with Crippen LogP contribution >= 0.6 is 0 Å². The van der Waals surface area contributed by atoms with Crippen LogP contribution in [0.1, 0.15) is 30.4 Å². The van der Waals surface area contributed by atoms with Crippen molar-refractivity contribution >= 4 is 11.7 Å². The topological polar surface area (TPSA) is 48.5 Å². The van der Waals surface area contributed by atoms with Crippen molar-refractivity contribution in [3.8, 4) is 0 Å². The highest BCUT2D eigenvalue weighted by Crippen LogP contribution is 2.30. The van der Waals surface area contributed by atoms with Gasteiger partial charge in [-0.1, -0.05) is 30.3 Å². The first-order valence-electron chi connectivity index (χ1n) is 10.7. The maximum atomic E-state index is 12.7. The molecule has 8 heteroatoms. The van der Waals surface area contributed by atoms with Gasteiger partial charge in [0.1, 0.15) is 5.82 Å². The number of anilines is 1. The summed E-state index contributed by atoms with van der Waals surface area (Å²) in [5.74, 6) is 0.555. The highest BCUT2D eigenvalue weighted by molar-refractivity contribution is 5.79. The number of alkyl halides is 3. The van der Waals surface area contributed by atoms with E-state index in [1.807, 2.05) is 23.1 Å². The summed E-state index contributed by atoms with van der Waals surface area (Å²) in [5, 5.41) is 3.20. The lowest BCUT2D eigenvalue weighted by atomic mass is 9.95. The number of aromatic nitrogens is 1. The Morgan fingerprint density at radius 3 is 2.42 bits per heavy atom. The van der Waals surface area contributed by atoms with Crippen LogP contribution in [0.15, 0.2) is 48.7 Å². The van der Waals surface area contributed by atoms with Crippen molar-refractivity contribution < 1.29 is 18.0 Å². The summed E-state index contributed by atoms with van der Waals surface area (Å²) in [6, 6.07) is 13.0. The molecule has 0 saturated carbocycles. The summed E-state index contributed by atoms with van der Waals surface area (Å²) in [4.78, 5) is 21.0. The van der Waals surface area contributed by atoms with Crippen molar-refractivity contribution in [3.05, 3.63) is 59.8 Å². The summed E-state index contributed by atoms with van der Waals surface area (Å²) in [6.45, 7) is 3.95. The fourth-order valence-electron chi connectivity index (χ4n) is 4.37. The molecular weight excluding hydrogens is 405 g/mol. The minimum absolute atomic E-state index is 0.0612. The number of carbonyl (C=O) groups is 1. The molecule has 0 unspecified atom stereocenters. The maximum Gasteiger partial charge on any atom is 0.417 e. The molecule has 2 aliphatic heterocycles. The van der Waals surface area contributed by atoms with Crippen LogP contribution < -0.4 is 10.2 Å². The van der Waals surface area contributed by atoms with Crippen LogP contribution in [0.4, 0.5) is 19.0 Å². The molecule has 3 heterocycles. The Bertz CT molecular complexity index is 865. The van der Waals surface area contributed by atoms with E-state index in [2.05, 4.69) is 27.3 Å². The van der Waals surface area contributed by atoms with Crippen molar-refractivity contribution in [1.82, 2.24) is 15.2 Å². The molecule has 1 aromatic carbocycles. The fourth-order valence-corrected chi connectivity index (χ4v) is 4.37. The molecule has 0 spiro atoms. The van der Waals surface area contributed by atoms with Crippen LogP contribution in [0.5, 0.6) is 0 Å². The third kappa shape index (κ3) is 5.55. The van der Waals surface area contributed by atoms with Crippen LogP contribution in [0.25, 0.3) is 0 Å². The lowest BCUT2D eigenvalue weighted by Crippen LogP contribution is -2.44. The molecule has 1 aromatic heterocycles. The number of amides is 1. The van der Waals surface area contributed by atoms with E-state index >= 15 is 0 Å². The molecule has 0 radical (unpaired) electrons. The van der Waals surface area contributed by atoms with Gasteiger partial charge in [0.05, 0.1) is 5.56 Å². The highest BCUT2D eigenvalue weighted by atomic mass is 19.4. The number of nitrogens with one attached hydrogen (secondary N) is 1. The minimum atomic E-state index is -4.38. The lowest BCUT2D eigenvalue weighted by molar-refractivity contribution is -0.137. The molecule has 2 aliphatic rings. The van der Waals surface area contributed by atoms with Gasteiger partial charge >= 0.3 is 6.18 Å². The van der Waals surface area contributed by atoms with Crippen molar-refractivity contribution in [2.45, 2.75) is 38.0 Å². The standard InChI is InChI=1S/C23H27F3N4O/c24-23(25,26)19-6-7-21(27-14-19)30-12-8-18(9-13-30)22(31)28-20-10-11-29(16-20)15-17-4-2-1-3-5-17/h1-7,14,18,20H,8-13,15-16H2,(H,28,31)/t20-/m0/s1. The summed E-state index contributed by atoms with van der Waals surface area (Å²) in [5.41, 5.74) is 0.530. The minimum Gasteiger partial charge on any atom is -0.357 e. The first kappa shape index (κ1) is 21.6. The van der Waals surface area contributed by atoms with E-state index in [1.54, 1.807) is 0 Å². The Hall–Kier alpha value is -2.61. The van der Waals surface area contributed by atoms with Crippen molar-refractivity contribution in [3.63, 3.8) is 0 Å². The Kier molecular flexibility index (Phi) is 6.46. The van der Waals surface area contributed by atoms with Gasteiger partial charge in [-0.15, -0.1) is 0 Å². The van der Waals surface area contributed by atoms with Gasteiger partial charge in [0.15, 0.2) is 0 Å². The normalized spacial score (nSPS) is 20.7. The first-order chi connectivity index (χ1) is 14.9. The molecule has 4 rings (SSSR count). The molecule has 166 valence electrons. The molecule has 5 nitrogen and oxygen atoms in total. The maximum absolute atomic E-state index is 12.7. The molecule has 0 bridgehead atoms. The van der Waals surface area contributed by atoms with Gasteiger partial charge in [0.2, 0.25) is 5.91 Å². The van der Waals surface area contributed by atoms with Crippen LogP contribution in [0.2, 0.25) is 0 Å². The molecule has 31 heavy (non-hydrogen) atoms. The largest absolute Gasteiger partial charge is 0.417 e. The third-order valence-corrected chi connectivity index (χ3v) is 6.13. The average molecular weight is 432 g/mol. The Labute approximate surface area is 180 Å². The number of piperidine rings is 1. The average Bonchev–Trinajstić information content (AvgIpc) is 3.20. The van der Waals surface area contributed by atoms with E-state index < -0.39 is 11.7 Å². The van der Waals surface area contributed by atoms with Gasteiger partial charge < -0.3 is 10.2 Å². The van der Waals surface area contributed by atoms with Gasteiger partial charge in [0.25, 0.3) is 0 Å². The number of nitrogens with zero attached hydrogens (tertiary/aromatic N) is 3. The second kappa shape index (κ2) is 9.26. The molecule has 2 fully saturated rings. The summed E-state index contributed by atoms with van der Waals surface area (Å²) in [7, 11) is 0. The summed E-state index contributed by atoms with van der Waals surface area (Å²) >= 11 is 0. The number of pyridine rings is 1. The number of benzene rings is 1. The smallest absolute Gasteiger partial charge is 0.357 e. The monoisotopic (exact) mass is 432 g/mol. The highest BCUT2D eigenvalue weighted by Gasteiger charge is 2.32. The van der Waals surface area contributed by atoms with Crippen LogP contribution in [-0.4, -0.2) is 48.0 Å². The second-order valence-corrected chi connectivity index (χ2v) is 8.38. The van der Waals surface area contributed by atoms with Crippen molar-refractivity contribution in [2.24, 2.45) is 5.92 Å². The predicted octanol–water partition coefficient (Wildman–Crippen LogP) is 3.71. The van der Waals surface area contributed by atoms with E-state index in [4.69, 9.17) is 0 Å². The van der Waals surface area contributed by atoms with Gasteiger partial charge in [0, 0.05) is 50.9 Å². The number of likely N-dealkylation sites (tertiary alicyclic amines) is 1. The zero-order chi connectivity index (χ0) is 21.8. The molecule has 1 N–H and O–H groups in total.